The minimum Gasteiger partial charge on any atom is -0.205 e. The first kappa shape index (κ1) is 10.5. The molecular formula is C9H6BrClFN. The number of rotatable bonds is 2. The molecule has 0 atom stereocenters. The Bertz CT molecular complexity index is 359. The van der Waals surface area contributed by atoms with Crippen LogP contribution >= 0.6 is 27.5 Å². The van der Waals surface area contributed by atoms with Crippen LogP contribution in [0.5, 0.6) is 0 Å². The smallest absolute Gasteiger partial charge is 0.146 e. The van der Waals surface area contributed by atoms with Crippen LogP contribution in [0.1, 0.15) is 12.0 Å². The van der Waals surface area contributed by atoms with Crippen LogP contribution in [0.15, 0.2) is 16.6 Å². The van der Waals surface area contributed by atoms with Crippen molar-refractivity contribution in [1.29, 1.82) is 5.26 Å². The molecule has 0 aromatic heterocycles. The molecule has 0 amide bonds. The molecule has 1 aromatic carbocycles. The number of halogens is 3. The summed E-state index contributed by atoms with van der Waals surface area (Å²) >= 11 is 8.79. The van der Waals surface area contributed by atoms with E-state index in [0.717, 1.165) is 0 Å². The summed E-state index contributed by atoms with van der Waals surface area (Å²) in [7, 11) is 0. The number of hydrogen-bond donors (Lipinski definition) is 0. The monoisotopic (exact) mass is 261 g/mol. The molecule has 0 heterocycles. The van der Waals surface area contributed by atoms with Gasteiger partial charge in [-0.1, -0.05) is 27.5 Å². The molecule has 13 heavy (non-hydrogen) atoms. The summed E-state index contributed by atoms with van der Waals surface area (Å²) < 4.78 is 14.0. The lowest BCUT2D eigenvalue weighted by Crippen LogP contribution is -1.92. The van der Waals surface area contributed by atoms with Gasteiger partial charge >= 0.3 is 0 Å². The third-order valence-corrected chi connectivity index (χ3v) is 2.66. The summed E-state index contributed by atoms with van der Waals surface area (Å²) in [6, 6.07) is 5.12. The van der Waals surface area contributed by atoms with E-state index in [0.29, 0.717) is 16.5 Å². The first-order chi connectivity index (χ1) is 6.16. The molecule has 0 spiro atoms. The number of hydrogen-bond acceptors (Lipinski definition) is 1. The van der Waals surface area contributed by atoms with Gasteiger partial charge in [-0.2, -0.15) is 5.26 Å². The second-order valence-corrected chi connectivity index (χ2v) is 3.74. The maximum absolute atomic E-state index is 13.3. The molecule has 0 aliphatic carbocycles. The lowest BCUT2D eigenvalue weighted by molar-refractivity contribution is 0.609. The lowest BCUT2D eigenvalue weighted by Gasteiger charge is -2.04. The molecule has 0 N–H and O–H groups in total. The largest absolute Gasteiger partial charge is 0.205 e. The van der Waals surface area contributed by atoms with E-state index in [1.807, 2.05) is 6.07 Å². The Hall–Kier alpha value is -0.590. The van der Waals surface area contributed by atoms with Crippen molar-refractivity contribution in [1.82, 2.24) is 0 Å². The van der Waals surface area contributed by atoms with Gasteiger partial charge in [-0.15, -0.1) is 0 Å². The molecule has 0 saturated heterocycles. The topological polar surface area (TPSA) is 23.8 Å². The Kier molecular flexibility index (Phi) is 3.71. The highest BCUT2D eigenvalue weighted by atomic mass is 79.9. The van der Waals surface area contributed by atoms with Crippen LogP contribution < -0.4 is 0 Å². The Balaban J connectivity index is 3.04. The van der Waals surface area contributed by atoms with Gasteiger partial charge in [0, 0.05) is 16.5 Å². The maximum atomic E-state index is 13.3. The van der Waals surface area contributed by atoms with Gasteiger partial charge < -0.3 is 0 Å². The average molecular weight is 263 g/mol. The van der Waals surface area contributed by atoms with Crippen molar-refractivity contribution in [3.8, 4) is 6.07 Å². The van der Waals surface area contributed by atoms with Gasteiger partial charge in [0.1, 0.15) is 5.82 Å². The van der Waals surface area contributed by atoms with Gasteiger partial charge in [0.25, 0.3) is 0 Å². The van der Waals surface area contributed by atoms with E-state index in [1.165, 1.54) is 6.07 Å². The average Bonchev–Trinajstić information content (AvgIpc) is 2.12. The second-order valence-electron chi connectivity index (χ2n) is 2.48. The van der Waals surface area contributed by atoms with Crippen LogP contribution in [-0.4, -0.2) is 0 Å². The van der Waals surface area contributed by atoms with E-state index in [9.17, 15) is 4.39 Å². The zero-order valence-electron chi connectivity index (χ0n) is 6.65. The minimum absolute atomic E-state index is 0.0936. The Morgan fingerprint density at radius 3 is 2.85 bits per heavy atom. The zero-order valence-corrected chi connectivity index (χ0v) is 8.99. The molecule has 68 valence electrons. The van der Waals surface area contributed by atoms with Gasteiger partial charge in [-0.25, -0.2) is 4.39 Å². The van der Waals surface area contributed by atoms with Crippen LogP contribution in [0.2, 0.25) is 5.02 Å². The first-order valence-electron chi connectivity index (χ1n) is 3.66. The van der Waals surface area contributed by atoms with Crippen molar-refractivity contribution >= 4 is 27.5 Å². The normalized spacial score (nSPS) is 9.69. The number of nitriles is 1. The summed E-state index contributed by atoms with van der Waals surface area (Å²) in [5, 5.41) is 8.45. The van der Waals surface area contributed by atoms with E-state index in [4.69, 9.17) is 16.9 Å². The van der Waals surface area contributed by atoms with Crippen molar-refractivity contribution in [3.63, 3.8) is 0 Å². The fourth-order valence-electron chi connectivity index (χ4n) is 0.979. The molecule has 0 saturated carbocycles. The van der Waals surface area contributed by atoms with Crippen molar-refractivity contribution in [3.05, 3.63) is 33.0 Å². The van der Waals surface area contributed by atoms with Crippen molar-refractivity contribution in [2.75, 3.05) is 0 Å². The van der Waals surface area contributed by atoms with Crippen LogP contribution in [0.25, 0.3) is 0 Å². The zero-order chi connectivity index (χ0) is 9.84. The van der Waals surface area contributed by atoms with Crippen LogP contribution in [-0.2, 0) is 6.42 Å². The van der Waals surface area contributed by atoms with E-state index in [-0.39, 0.29) is 11.4 Å². The molecule has 1 rings (SSSR count). The molecule has 0 aliphatic heterocycles. The van der Waals surface area contributed by atoms with E-state index < -0.39 is 5.82 Å². The van der Waals surface area contributed by atoms with Gasteiger partial charge in [-0.05, 0) is 18.6 Å². The van der Waals surface area contributed by atoms with E-state index in [2.05, 4.69) is 15.9 Å². The van der Waals surface area contributed by atoms with Crippen molar-refractivity contribution < 1.29 is 4.39 Å². The third-order valence-electron chi connectivity index (χ3n) is 1.63. The SMILES string of the molecule is N#CCCc1c(Br)ccc(Cl)c1F. The molecule has 1 aromatic rings. The van der Waals surface area contributed by atoms with Gasteiger partial charge in [0.15, 0.2) is 0 Å². The molecular weight excluding hydrogens is 256 g/mol. The Morgan fingerprint density at radius 2 is 2.23 bits per heavy atom. The molecule has 1 nitrogen and oxygen atoms in total. The van der Waals surface area contributed by atoms with E-state index >= 15 is 0 Å². The molecule has 0 fully saturated rings. The van der Waals surface area contributed by atoms with E-state index in [1.54, 1.807) is 6.07 Å². The quantitative estimate of drug-likeness (QED) is 0.746. The highest BCUT2D eigenvalue weighted by Gasteiger charge is 2.09. The fourth-order valence-corrected chi connectivity index (χ4v) is 1.66. The minimum atomic E-state index is -0.439. The van der Waals surface area contributed by atoms with Crippen LogP contribution in [0.3, 0.4) is 0 Å². The molecule has 0 unspecified atom stereocenters. The third kappa shape index (κ3) is 2.43. The van der Waals surface area contributed by atoms with Crippen LogP contribution in [0.4, 0.5) is 4.39 Å². The fraction of sp³-hybridized carbons (Fsp3) is 0.222. The molecule has 0 radical (unpaired) electrons. The highest BCUT2D eigenvalue weighted by molar-refractivity contribution is 9.10. The Labute approximate surface area is 89.3 Å². The predicted octanol–water partition coefficient (Wildman–Crippen LogP) is 3.70. The maximum Gasteiger partial charge on any atom is 0.146 e. The number of nitrogens with zero attached hydrogens (tertiary/aromatic N) is 1. The second kappa shape index (κ2) is 4.59. The van der Waals surface area contributed by atoms with Gasteiger partial charge in [-0.3, -0.25) is 0 Å². The van der Waals surface area contributed by atoms with Gasteiger partial charge in [0.05, 0.1) is 11.1 Å². The lowest BCUT2D eigenvalue weighted by atomic mass is 10.1. The van der Waals surface area contributed by atoms with Gasteiger partial charge in [0.2, 0.25) is 0 Å². The van der Waals surface area contributed by atoms with Crippen molar-refractivity contribution in [2.24, 2.45) is 0 Å². The summed E-state index contributed by atoms with van der Waals surface area (Å²) in [4.78, 5) is 0. The Morgan fingerprint density at radius 1 is 1.54 bits per heavy atom. The molecule has 4 heteroatoms. The summed E-state index contributed by atoms with van der Waals surface area (Å²) in [6.45, 7) is 0. The van der Waals surface area contributed by atoms with Crippen molar-refractivity contribution in [2.45, 2.75) is 12.8 Å². The first-order valence-corrected chi connectivity index (χ1v) is 4.83. The predicted molar refractivity (Wildman–Crippen MR) is 53.0 cm³/mol. The summed E-state index contributed by atoms with van der Waals surface area (Å²) in [5.41, 5.74) is 0.467. The molecule has 0 aliphatic rings. The highest BCUT2D eigenvalue weighted by Crippen LogP contribution is 2.26. The molecule has 0 bridgehead atoms. The van der Waals surface area contributed by atoms with Crippen LogP contribution in [0, 0.1) is 17.1 Å². The summed E-state index contributed by atoms with van der Waals surface area (Å²) in [5.74, 6) is -0.439. The standard InChI is InChI=1S/C9H6BrClFN/c10-7-3-4-8(11)9(12)6(7)2-1-5-13/h3-4H,1-2H2. The summed E-state index contributed by atoms with van der Waals surface area (Å²) in [6.07, 6.45) is 0.666. The number of benzene rings is 1.